The number of hydrogen-bond donors (Lipinski definition) is 1. The maximum absolute atomic E-state index is 14.5. The van der Waals surface area contributed by atoms with Crippen molar-refractivity contribution in [2.24, 2.45) is 0 Å². The van der Waals surface area contributed by atoms with Gasteiger partial charge < -0.3 is 10.1 Å². The minimum atomic E-state index is -0.878. The summed E-state index contributed by atoms with van der Waals surface area (Å²) in [6, 6.07) is 16.0. The molecule has 0 saturated carbocycles. The Balaban J connectivity index is 1.62. The van der Waals surface area contributed by atoms with Crippen LogP contribution in [0.3, 0.4) is 0 Å². The molecule has 0 spiro atoms. The fraction of sp³-hybridized carbons (Fsp3) is 0.0870. The van der Waals surface area contributed by atoms with Gasteiger partial charge in [0.25, 0.3) is 0 Å². The molecule has 0 unspecified atom stereocenters. The molecule has 168 valence electrons. The van der Waals surface area contributed by atoms with Gasteiger partial charge in [0.1, 0.15) is 23.2 Å². The van der Waals surface area contributed by atoms with Gasteiger partial charge in [0.2, 0.25) is 5.91 Å². The molecule has 3 aromatic carbocycles. The van der Waals surface area contributed by atoms with Crippen LogP contribution in [0.5, 0.6) is 5.75 Å². The molecule has 0 aliphatic carbocycles. The fourth-order valence-electron chi connectivity index (χ4n) is 3.05. The van der Waals surface area contributed by atoms with Crippen molar-refractivity contribution in [3.05, 3.63) is 84.2 Å². The molecule has 0 aliphatic heterocycles. The molecule has 1 heterocycles. The zero-order valence-electron chi connectivity index (χ0n) is 17.3. The zero-order chi connectivity index (χ0) is 23.4. The number of benzene rings is 3. The highest BCUT2D eigenvalue weighted by Crippen LogP contribution is 2.30. The first-order valence-electron chi connectivity index (χ1n) is 9.68. The summed E-state index contributed by atoms with van der Waals surface area (Å²) in [5, 5.41) is 11.0. The van der Waals surface area contributed by atoms with Crippen molar-refractivity contribution in [3.63, 3.8) is 0 Å². The minimum Gasteiger partial charge on any atom is -0.497 e. The summed E-state index contributed by atoms with van der Waals surface area (Å²) in [5.74, 6) is -1.87. The van der Waals surface area contributed by atoms with Gasteiger partial charge in [0.05, 0.1) is 29.8 Å². The number of amides is 1. The second-order valence-corrected chi connectivity index (χ2v) is 7.72. The van der Waals surface area contributed by atoms with Gasteiger partial charge in [-0.1, -0.05) is 23.9 Å². The standard InChI is InChI=1S/C23H17F3N4O2S/c1-32-16-9-7-15(8-10-16)30-22(17-4-2-3-5-18(17)25)28-29-23(30)33-13-21(31)27-20-11-6-14(24)12-19(20)26/h2-12H,13H2,1H3,(H,27,31). The van der Waals surface area contributed by atoms with E-state index in [1.165, 1.54) is 6.07 Å². The zero-order valence-corrected chi connectivity index (χ0v) is 18.1. The molecule has 10 heteroatoms. The SMILES string of the molecule is COc1ccc(-n2c(SCC(=O)Nc3ccc(F)cc3F)nnc2-c2ccccc2F)cc1. The largest absolute Gasteiger partial charge is 0.497 e. The summed E-state index contributed by atoms with van der Waals surface area (Å²) in [4.78, 5) is 12.4. The Labute approximate surface area is 191 Å². The average molecular weight is 470 g/mol. The van der Waals surface area contributed by atoms with Crippen LogP contribution in [0.2, 0.25) is 0 Å². The van der Waals surface area contributed by atoms with Crippen molar-refractivity contribution in [2.45, 2.75) is 5.16 Å². The van der Waals surface area contributed by atoms with Gasteiger partial charge in [-0.25, -0.2) is 13.2 Å². The van der Waals surface area contributed by atoms with E-state index in [-0.39, 0.29) is 22.8 Å². The van der Waals surface area contributed by atoms with Crippen LogP contribution >= 0.6 is 11.8 Å². The van der Waals surface area contributed by atoms with E-state index in [0.29, 0.717) is 22.7 Å². The number of aromatic nitrogens is 3. The van der Waals surface area contributed by atoms with Gasteiger partial charge in [0.15, 0.2) is 11.0 Å². The summed E-state index contributed by atoms with van der Waals surface area (Å²) >= 11 is 1.04. The molecule has 0 bridgehead atoms. The molecule has 0 fully saturated rings. The van der Waals surface area contributed by atoms with Crippen LogP contribution in [-0.2, 0) is 4.79 Å². The average Bonchev–Trinajstić information content (AvgIpc) is 3.23. The molecule has 4 aromatic rings. The Kier molecular flexibility index (Phi) is 6.64. The third-order valence-corrected chi connectivity index (χ3v) is 5.55. The molecule has 0 atom stereocenters. The van der Waals surface area contributed by atoms with E-state index in [1.807, 2.05) is 0 Å². The first-order valence-corrected chi connectivity index (χ1v) is 10.7. The third kappa shape index (κ3) is 5.01. The molecule has 1 amide bonds. The van der Waals surface area contributed by atoms with Crippen LogP contribution < -0.4 is 10.1 Å². The number of hydrogen-bond acceptors (Lipinski definition) is 5. The Morgan fingerprint density at radius 3 is 2.45 bits per heavy atom. The van der Waals surface area contributed by atoms with E-state index < -0.39 is 23.4 Å². The Bertz CT molecular complexity index is 1300. The smallest absolute Gasteiger partial charge is 0.234 e. The molecular formula is C23H17F3N4O2S. The number of methoxy groups -OCH3 is 1. The second-order valence-electron chi connectivity index (χ2n) is 6.78. The third-order valence-electron chi connectivity index (χ3n) is 4.62. The topological polar surface area (TPSA) is 69.0 Å². The van der Waals surface area contributed by atoms with Gasteiger partial charge >= 0.3 is 0 Å². The number of ether oxygens (including phenoxy) is 1. The molecule has 0 aliphatic rings. The van der Waals surface area contributed by atoms with E-state index in [0.717, 1.165) is 23.9 Å². The van der Waals surface area contributed by atoms with Gasteiger partial charge in [-0.3, -0.25) is 9.36 Å². The lowest BCUT2D eigenvalue weighted by Gasteiger charge is -2.12. The molecule has 1 aromatic heterocycles. The van der Waals surface area contributed by atoms with Gasteiger partial charge in [-0.2, -0.15) is 0 Å². The predicted octanol–water partition coefficient (Wildman–Crippen LogP) is 5.09. The van der Waals surface area contributed by atoms with Crippen LogP contribution in [0.15, 0.2) is 71.9 Å². The molecular weight excluding hydrogens is 453 g/mol. The van der Waals surface area contributed by atoms with E-state index in [9.17, 15) is 18.0 Å². The first kappa shape index (κ1) is 22.4. The van der Waals surface area contributed by atoms with Crippen LogP contribution in [0.25, 0.3) is 17.1 Å². The molecule has 4 rings (SSSR count). The second kappa shape index (κ2) is 9.78. The number of carbonyl (C=O) groups is 1. The number of nitrogens with zero attached hydrogens (tertiary/aromatic N) is 3. The van der Waals surface area contributed by atoms with Crippen molar-refractivity contribution in [3.8, 4) is 22.8 Å². The summed E-state index contributed by atoms with van der Waals surface area (Å²) in [5.41, 5.74) is 0.739. The van der Waals surface area contributed by atoms with Gasteiger partial charge in [0, 0.05) is 6.07 Å². The van der Waals surface area contributed by atoms with Crippen molar-refractivity contribution in [1.82, 2.24) is 14.8 Å². The van der Waals surface area contributed by atoms with E-state index in [4.69, 9.17) is 4.74 Å². The van der Waals surface area contributed by atoms with Crippen LogP contribution in [0.1, 0.15) is 0 Å². The highest BCUT2D eigenvalue weighted by Gasteiger charge is 2.20. The lowest BCUT2D eigenvalue weighted by molar-refractivity contribution is -0.113. The van der Waals surface area contributed by atoms with Crippen molar-refractivity contribution >= 4 is 23.4 Å². The molecule has 0 radical (unpaired) electrons. The van der Waals surface area contributed by atoms with Crippen LogP contribution in [0, 0.1) is 17.5 Å². The van der Waals surface area contributed by atoms with Crippen LogP contribution in [-0.4, -0.2) is 33.5 Å². The summed E-state index contributed by atoms with van der Waals surface area (Å²) in [6.07, 6.45) is 0. The maximum Gasteiger partial charge on any atom is 0.234 e. The molecule has 6 nitrogen and oxygen atoms in total. The first-order chi connectivity index (χ1) is 16.0. The number of anilines is 1. The Morgan fingerprint density at radius 2 is 1.76 bits per heavy atom. The monoisotopic (exact) mass is 470 g/mol. The fourth-order valence-corrected chi connectivity index (χ4v) is 3.80. The number of thioether (sulfide) groups is 1. The highest BCUT2D eigenvalue weighted by atomic mass is 32.2. The quantitative estimate of drug-likeness (QED) is 0.381. The van der Waals surface area contributed by atoms with E-state index >= 15 is 0 Å². The number of rotatable bonds is 7. The lowest BCUT2D eigenvalue weighted by atomic mass is 10.2. The summed E-state index contributed by atoms with van der Waals surface area (Å²) in [6.45, 7) is 0. The lowest BCUT2D eigenvalue weighted by Crippen LogP contribution is -2.15. The van der Waals surface area contributed by atoms with E-state index in [2.05, 4.69) is 15.5 Å². The minimum absolute atomic E-state index is 0.134. The van der Waals surface area contributed by atoms with Gasteiger partial charge in [-0.15, -0.1) is 10.2 Å². The van der Waals surface area contributed by atoms with Gasteiger partial charge in [-0.05, 0) is 48.5 Å². The number of carbonyl (C=O) groups excluding carboxylic acids is 1. The Hall–Kier alpha value is -3.79. The number of halogens is 3. The summed E-state index contributed by atoms with van der Waals surface area (Å²) < 4.78 is 48.2. The predicted molar refractivity (Wildman–Crippen MR) is 119 cm³/mol. The summed E-state index contributed by atoms with van der Waals surface area (Å²) in [7, 11) is 1.54. The molecule has 0 saturated heterocycles. The van der Waals surface area contributed by atoms with Crippen molar-refractivity contribution in [2.75, 3.05) is 18.2 Å². The van der Waals surface area contributed by atoms with E-state index in [1.54, 1.807) is 54.1 Å². The normalized spacial score (nSPS) is 10.8. The maximum atomic E-state index is 14.5. The van der Waals surface area contributed by atoms with Crippen LogP contribution in [0.4, 0.5) is 18.9 Å². The molecule has 33 heavy (non-hydrogen) atoms. The Morgan fingerprint density at radius 1 is 1.00 bits per heavy atom. The highest BCUT2D eigenvalue weighted by molar-refractivity contribution is 7.99. The number of nitrogens with one attached hydrogen (secondary N) is 1. The molecule has 1 N–H and O–H groups in total. The van der Waals surface area contributed by atoms with Crippen molar-refractivity contribution in [1.29, 1.82) is 0 Å². The van der Waals surface area contributed by atoms with Crippen molar-refractivity contribution < 1.29 is 22.7 Å².